The standard InChI is InChI=1S/C55H108NO7P/c1-6-8-10-12-14-16-18-20-22-24-25-26-27-28-29-30-31-32-33-35-37-39-41-43-45-47-50-60-52-54(53-62-64(58,59)61-51-49-56(3,4)5)63-55(57)48-46-44-42-40-38-36-34-23-21-19-17-15-13-11-9-7-2/h18,20,24-25,54H,6-17,19,21-23,26-53H2,1-5H3/p+1/b20-18-,25-24-. The number of hydrogen-bond acceptors (Lipinski definition) is 6. The number of likely N-dealkylation sites (N-methyl/N-ethyl adjacent to an activating group) is 1. The van der Waals surface area contributed by atoms with Gasteiger partial charge in [-0.1, -0.05) is 237 Å². The highest BCUT2D eigenvalue weighted by atomic mass is 31.2. The van der Waals surface area contributed by atoms with Crippen molar-refractivity contribution in [3.8, 4) is 0 Å². The van der Waals surface area contributed by atoms with Gasteiger partial charge in [-0.15, -0.1) is 0 Å². The number of phosphoric ester groups is 1. The van der Waals surface area contributed by atoms with Crippen molar-refractivity contribution in [2.75, 3.05) is 54.1 Å². The lowest BCUT2D eigenvalue weighted by molar-refractivity contribution is -0.870. The Kier molecular flexibility index (Phi) is 47.7. The van der Waals surface area contributed by atoms with E-state index in [-0.39, 0.29) is 25.8 Å². The van der Waals surface area contributed by atoms with E-state index in [2.05, 4.69) is 38.2 Å². The van der Waals surface area contributed by atoms with Crippen LogP contribution in [0.2, 0.25) is 0 Å². The highest BCUT2D eigenvalue weighted by molar-refractivity contribution is 7.47. The summed E-state index contributed by atoms with van der Waals surface area (Å²) in [5.41, 5.74) is 0. The largest absolute Gasteiger partial charge is 0.472 e. The van der Waals surface area contributed by atoms with Crippen LogP contribution < -0.4 is 0 Å². The highest BCUT2D eigenvalue weighted by Gasteiger charge is 2.26. The second-order valence-corrected chi connectivity index (χ2v) is 21.4. The molecule has 0 aromatic rings. The Balaban J connectivity index is 4.02. The van der Waals surface area contributed by atoms with E-state index in [1.807, 2.05) is 21.1 Å². The molecule has 0 radical (unpaired) electrons. The number of nitrogens with zero attached hydrogens (tertiary/aromatic N) is 1. The zero-order valence-corrected chi connectivity index (χ0v) is 44.2. The molecule has 2 unspecified atom stereocenters. The zero-order valence-electron chi connectivity index (χ0n) is 43.3. The first-order valence-corrected chi connectivity index (χ1v) is 29.1. The molecule has 0 heterocycles. The number of rotatable bonds is 52. The molecule has 0 aromatic heterocycles. The topological polar surface area (TPSA) is 91.3 Å². The first-order valence-electron chi connectivity index (χ1n) is 27.6. The van der Waals surface area contributed by atoms with E-state index in [0.29, 0.717) is 24.1 Å². The summed E-state index contributed by atoms with van der Waals surface area (Å²) in [4.78, 5) is 23.0. The number of ether oxygens (including phenoxy) is 2. The molecule has 380 valence electrons. The molecule has 0 rings (SSSR count). The molecule has 2 atom stereocenters. The Labute approximate surface area is 398 Å². The summed E-state index contributed by atoms with van der Waals surface area (Å²) >= 11 is 0. The lowest BCUT2D eigenvalue weighted by Gasteiger charge is -2.24. The molecule has 0 aromatic carbocycles. The van der Waals surface area contributed by atoms with E-state index in [1.165, 1.54) is 205 Å². The number of hydrogen-bond donors (Lipinski definition) is 1. The van der Waals surface area contributed by atoms with E-state index in [1.54, 1.807) is 0 Å². The summed E-state index contributed by atoms with van der Waals surface area (Å²) in [5.74, 6) is -0.308. The Morgan fingerprint density at radius 3 is 1.27 bits per heavy atom. The summed E-state index contributed by atoms with van der Waals surface area (Å²) in [5, 5.41) is 0. The van der Waals surface area contributed by atoms with Gasteiger partial charge in [-0.2, -0.15) is 0 Å². The molecular formula is C55H109NO7P+. The third kappa shape index (κ3) is 52.0. The van der Waals surface area contributed by atoms with Crippen LogP contribution in [0.3, 0.4) is 0 Å². The molecular weight excluding hydrogens is 818 g/mol. The summed E-state index contributed by atoms with van der Waals surface area (Å²) < 4.78 is 35.2. The minimum atomic E-state index is -4.28. The highest BCUT2D eigenvalue weighted by Crippen LogP contribution is 2.43. The molecule has 0 saturated carbocycles. The van der Waals surface area contributed by atoms with Crippen LogP contribution in [0, 0.1) is 0 Å². The van der Waals surface area contributed by atoms with Crippen LogP contribution in [0.15, 0.2) is 24.3 Å². The van der Waals surface area contributed by atoms with Gasteiger partial charge < -0.3 is 18.9 Å². The number of quaternary nitrogens is 1. The third-order valence-electron chi connectivity index (χ3n) is 12.3. The fourth-order valence-corrected chi connectivity index (χ4v) is 8.74. The average Bonchev–Trinajstić information content (AvgIpc) is 3.25. The second-order valence-electron chi connectivity index (χ2n) is 20.0. The van der Waals surface area contributed by atoms with Crippen LogP contribution >= 0.6 is 7.82 Å². The number of allylic oxidation sites excluding steroid dienone is 4. The molecule has 0 aliphatic carbocycles. The molecule has 0 saturated heterocycles. The quantitative estimate of drug-likeness (QED) is 0.0214. The van der Waals surface area contributed by atoms with Gasteiger partial charge in [0.15, 0.2) is 0 Å². The zero-order chi connectivity index (χ0) is 46.9. The van der Waals surface area contributed by atoms with E-state index >= 15 is 0 Å². The molecule has 0 bridgehead atoms. The summed E-state index contributed by atoms with van der Waals surface area (Å²) in [6, 6.07) is 0. The van der Waals surface area contributed by atoms with Gasteiger partial charge >= 0.3 is 13.8 Å². The van der Waals surface area contributed by atoms with Gasteiger partial charge in [0.2, 0.25) is 0 Å². The molecule has 64 heavy (non-hydrogen) atoms. The van der Waals surface area contributed by atoms with Gasteiger partial charge in [0.05, 0.1) is 34.4 Å². The maximum absolute atomic E-state index is 12.8. The van der Waals surface area contributed by atoms with Crippen LogP contribution in [0.25, 0.3) is 0 Å². The third-order valence-corrected chi connectivity index (χ3v) is 13.2. The van der Waals surface area contributed by atoms with Gasteiger partial charge in [-0.25, -0.2) is 4.57 Å². The lowest BCUT2D eigenvalue weighted by atomic mass is 10.0. The number of unbranched alkanes of at least 4 members (excludes halogenated alkanes) is 34. The fourth-order valence-electron chi connectivity index (χ4n) is 8.00. The van der Waals surface area contributed by atoms with E-state index in [4.69, 9.17) is 18.5 Å². The number of carbonyl (C=O) groups is 1. The van der Waals surface area contributed by atoms with Crippen LogP contribution in [-0.4, -0.2) is 75.6 Å². The van der Waals surface area contributed by atoms with Gasteiger partial charge in [-0.05, 0) is 44.9 Å². The molecule has 0 spiro atoms. The van der Waals surface area contributed by atoms with Crippen molar-refractivity contribution in [1.82, 2.24) is 0 Å². The normalized spacial score (nSPS) is 13.7. The van der Waals surface area contributed by atoms with Crippen molar-refractivity contribution in [2.24, 2.45) is 0 Å². The summed E-state index contributed by atoms with van der Waals surface area (Å²) in [6.07, 6.45) is 58.0. The summed E-state index contributed by atoms with van der Waals surface area (Å²) in [6.45, 7) is 5.67. The average molecular weight is 927 g/mol. The van der Waals surface area contributed by atoms with Gasteiger partial charge in [-0.3, -0.25) is 13.8 Å². The second kappa shape index (κ2) is 48.4. The number of esters is 1. The Morgan fingerprint density at radius 2 is 0.859 bits per heavy atom. The van der Waals surface area contributed by atoms with E-state index in [0.717, 1.165) is 38.5 Å². The van der Waals surface area contributed by atoms with Crippen molar-refractivity contribution < 1.29 is 37.3 Å². The molecule has 0 aliphatic heterocycles. The minimum absolute atomic E-state index is 0.0916. The maximum atomic E-state index is 12.8. The first kappa shape index (κ1) is 63.0. The van der Waals surface area contributed by atoms with Crippen LogP contribution in [0.1, 0.15) is 264 Å². The smallest absolute Gasteiger partial charge is 0.457 e. The Morgan fingerprint density at radius 1 is 0.484 bits per heavy atom. The van der Waals surface area contributed by atoms with Crippen molar-refractivity contribution >= 4 is 13.8 Å². The Bertz CT molecular complexity index is 1080. The molecule has 0 fully saturated rings. The molecule has 1 N–H and O–H groups in total. The van der Waals surface area contributed by atoms with Crippen molar-refractivity contribution in [3.63, 3.8) is 0 Å². The predicted octanol–water partition coefficient (Wildman–Crippen LogP) is 17.1. The van der Waals surface area contributed by atoms with Crippen LogP contribution in [-0.2, 0) is 27.9 Å². The van der Waals surface area contributed by atoms with Crippen molar-refractivity contribution in [1.29, 1.82) is 0 Å². The SMILES string of the molecule is CCCCCCC/C=C\C/C=C\CCCCCCCCCCCCCCCCOCC(COP(=O)(O)OCC[N+](C)(C)C)OC(=O)CCCCCCCCCCCCCCCCCC. The molecule has 0 amide bonds. The van der Waals surface area contributed by atoms with Crippen LogP contribution in [0.5, 0.6) is 0 Å². The minimum Gasteiger partial charge on any atom is -0.457 e. The van der Waals surface area contributed by atoms with E-state index in [9.17, 15) is 14.3 Å². The van der Waals surface area contributed by atoms with Crippen molar-refractivity contribution in [3.05, 3.63) is 24.3 Å². The maximum Gasteiger partial charge on any atom is 0.472 e. The van der Waals surface area contributed by atoms with Gasteiger partial charge in [0, 0.05) is 13.0 Å². The summed E-state index contributed by atoms with van der Waals surface area (Å²) in [7, 11) is 1.68. The van der Waals surface area contributed by atoms with Gasteiger partial charge in [0.25, 0.3) is 0 Å². The van der Waals surface area contributed by atoms with Gasteiger partial charge in [0.1, 0.15) is 19.3 Å². The van der Waals surface area contributed by atoms with Crippen LogP contribution in [0.4, 0.5) is 0 Å². The molecule has 0 aliphatic rings. The number of carbonyl (C=O) groups excluding carboxylic acids is 1. The number of phosphoric acid groups is 1. The van der Waals surface area contributed by atoms with Crippen molar-refractivity contribution in [2.45, 2.75) is 270 Å². The molecule has 9 heteroatoms. The van der Waals surface area contributed by atoms with E-state index < -0.39 is 13.9 Å². The Hall–Kier alpha value is -1.02. The molecule has 8 nitrogen and oxygen atoms in total. The predicted molar refractivity (Wildman–Crippen MR) is 275 cm³/mol. The lowest BCUT2D eigenvalue weighted by Crippen LogP contribution is -2.37. The first-order chi connectivity index (χ1) is 31.1. The monoisotopic (exact) mass is 927 g/mol. The fraction of sp³-hybridized carbons (Fsp3) is 0.909.